The summed E-state index contributed by atoms with van der Waals surface area (Å²) in [5.74, 6) is 3.31. The molecule has 1 aromatic heterocycles. The highest BCUT2D eigenvalue weighted by Crippen LogP contribution is 2.30. The fourth-order valence-corrected chi connectivity index (χ4v) is 5.39. The fraction of sp³-hybridized carbons (Fsp3) is 0.452. The van der Waals surface area contributed by atoms with E-state index in [0.717, 1.165) is 40.9 Å². The molecule has 4 rings (SSSR count). The second kappa shape index (κ2) is 12.8. The molecule has 0 bridgehead atoms. The van der Waals surface area contributed by atoms with Crippen LogP contribution in [0, 0.1) is 18.8 Å². The van der Waals surface area contributed by atoms with Crippen molar-refractivity contribution in [2.75, 3.05) is 44.1 Å². The average molecular weight is 533 g/mol. The number of amides is 2. The van der Waals surface area contributed by atoms with Crippen LogP contribution in [-0.4, -0.2) is 50.7 Å². The Balaban J connectivity index is 1.27. The van der Waals surface area contributed by atoms with E-state index in [2.05, 4.69) is 42.4 Å². The number of piperidine rings is 1. The van der Waals surface area contributed by atoms with Crippen LogP contribution in [0.3, 0.4) is 0 Å². The Morgan fingerprint density at radius 3 is 2.38 bits per heavy atom. The number of nitrogens with one attached hydrogen (secondary N) is 2. The molecule has 2 aromatic carbocycles. The molecule has 8 heteroatoms. The average Bonchev–Trinajstić information content (AvgIpc) is 2.91. The smallest absolute Gasteiger partial charge is 0.224 e. The Kier molecular flexibility index (Phi) is 9.28. The number of anilines is 2. The van der Waals surface area contributed by atoms with Crippen molar-refractivity contribution in [3.05, 3.63) is 53.6 Å². The van der Waals surface area contributed by atoms with Crippen LogP contribution >= 0.6 is 0 Å². The molecule has 8 nitrogen and oxygen atoms in total. The molecular formula is C31H40N4O4. The highest BCUT2D eigenvalue weighted by molar-refractivity contribution is 5.96. The molecule has 1 aliphatic rings. The zero-order chi connectivity index (χ0) is 27.9. The summed E-state index contributed by atoms with van der Waals surface area (Å²) < 4.78 is 10.6. The topological polar surface area (TPSA) is 92.8 Å². The van der Waals surface area contributed by atoms with E-state index < -0.39 is 0 Å². The number of pyridine rings is 1. The highest BCUT2D eigenvalue weighted by atomic mass is 16.5. The van der Waals surface area contributed by atoms with E-state index in [0.29, 0.717) is 42.0 Å². The van der Waals surface area contributed by atoms with E-state index in [1.54, 1.807) is 14.2 Å². The maximum atomic E-state index is 12.5. The molecule has 0 radical (unpaired) electrons. The van der Waals surface area contributed by atoms with Crippen LogP contribution in [0.5, 0.6) is 11.5 Å². The van der Waals surface area contributed by atoms with Gasteiger partial charge in [-0.05, 0) is 79.1 Å². The lowest BCUT2D eigenvalue weighted by Crippen LogP contribution is -2.39. The normalized spacial score (nSPS) is 17.1. The van der Waals surface area contributed by atoms with Gasteiger partial charge >= 0.3 is 0 Å². The zero-order valence-corrected chi connectivity index (χ0v) is 23.7. The van der Waals surface area contributed by atoms with Crippen LogP contribution in [0.2, 0.25) is 0 Å². The SMILES string of the molecule is COc1ccc(CCNC(=O)CCC(=O)Nc2ccc3nc(N4CC(C)CC(C)C4)cc(C)c3c2)cc1OC. The van der Waals surface area contributed by atoms with Crippen LogP contribution < -0.4 is 25.0 Å². The van der Waals surface area contributed by atoms with Gasteiger partial charge in [-0.15, -0.1) is 0 Å². The second-order valence-corrected chi connectivity index (χ2v) is 10.7. The van der Waals surface area contributed by atoms with Crippen molar-refractivity contribution in [3.63, 3.8) is 0 Å². The summed E-state index contributed by atoms with van der Waals surface area (Å²) in [7, 11) is 3.19. The van der Waals surface area contributed by atoms with Crippen molar-refractivity contribution in [3.8, 4) is 11.5 Å². The van der Waals surface area contributed by atoms with E-state index in [4.69, 9.17) is 14.5 Å². The van der Waals surface area contributed by atoms with Crippen LogP contribution in [0.4, 0.5) is 11.5 Å². The van der Waals surface area contributed by atoms with Crippen molar-refractivity contribution < 1.29 is 19.1 Å². The maximum absolute atomic E-state index is 12.5. The number of carbonyl (C=O) groups excluding carboxylic acids is 2. The molecular weight excluding hydrogens is 492 g/mol. The minimum Gasteiger partial charge on any atom is -0.493 e. The summed E-state index contributed by atoms with van der Waals surface area (Å²) in [4.78, 5) is 32.1. The van der Waals surface area contributed by atoms with Crippen LogP contribution in [0.25, 0.3) is 10.9 Å². The molecule has 2 unspecified atom stereocenters. The number of ether oxygens (including phenoxy) is 2. The van der Waals surface area contributed by atoms with E-state index in [1.165, 1.54) is 6.42 Å². The van der Waals surface area contributed by atoms with Gasteiger partial charge in [-0.25, -0.2) is 4.98 Å². The summed E-state index contributed by atoms with van der Waals surface area (Å²) in [6, 6.07) is 13.6. The first-order chi connectivity index (χ1) is 18.7. The molecule has 3 aromatic rings. The van der Waals surface area contributed by atoms with E-state index in [1.807, 2.05) is 36.4 Å². The molecule has 39 heavy (non-hydrogen) atoms. The number of aryl methyl sites for hydroxylation is 1. The number of methoxy groups -OCH3 is 2. The molecule has 2 heterocycles. The first-order valence-corrected chi connectivity index (χ1v) is 13.7. The summed E-state index contributed by atoms with van der Waals surface area (Å²) in [6.07, 6.45) is 2.15. The molecule has 2 amide bonds. The third-order valence-corrected chi connectivity index (χ3v) is 7.24. The van der Waals surface area contributed by atoms with Crippen molar-refractivity contribution >= 4 is 34.2 Å². The van der Waals surface area contributed by atoms with Crippen molar-refractivity contribution in [1.82, 2.24) is 10.3 Å². The quantitative estimate of drug-likeness (QED) is 0.377. The van der Waals surface area contributed by atoms with Gasteiger partial charge in [-0.3, -0.25) is 9.59 Å². The van der Waals surface area contributed by atoms with Gasteiger partial charge in [0.1, 0.15) is 5.82 Å². The number of nitrogens with zero attached hydrogens (tertiary/aromatic N) is 2. The minimum atomic E-state index is -0.192. The van der Waals surface area contributed by atoms with Gasteiger partial charge in [0.15, 0.2) is 11.5 Å². The lowest BCUT2D eigenvalue weighted by molar-refractivity contribution is -0.124. The van der Waals surface area contributed by atoms with Crippen LogP contribution in [-0.2, 0) is 16.0 Å². The van der Waals surface area contributed by atoms with E-state index in [-0.39, 0.29) is 24.7 Å². The minimum absolute atomic E-state index is 0.113. The maximum Gasteiger partial charge on any atom is 0.224 e. The number of benzene rings is 2. The number of carbonyl (C=O) groups is 2. The van der Waals surface area contributed by atoms with Crippen molar-refractivity contribution in [2.24, 2.45) is 11.8 Å². The van der Waals surface area contributed by atoms with E-state index >= 15 is 0 Å². The molecule has 2 N–H and O–H groups in total. The third kappa shape index (κ3) is 7.40. The molecule has 1 aliphatic heterocycles. The van der Waals surface area contributed by atoms with Gasteiger partial charge in [-0.2, -0.15) is 0 Å². The van der Waals surface area contributed by atoms with Crippen LogP contribution in [0.15, 0.2) is 42.5 Å². The predicted molar refractivity (Wildman–Crippen MR) is 156 cm³/mol. The number of rotatable bonds is 10. The molecule has 0 spiro atoms. The monoisotopic (exact) mass is 532 g/mol. The Bertz CT molecular complexity index is 1320. The van der Waals surface area contributed by atoms with Gasteiger partial charge in [-0.1, -0.05) is 19.9 Å². The Morgan fingerprint density at radius 1 is 0.949 bits per heavy atom. The van der Waals surface area contributed by atoms with Gasteiger partial charge in [0.25, 0.3) is 0 Å². The zero-order valence-electron chi connectivity index (χ0n) is 23.7. The summed E-state index contributed by atoms with van der Waals surface area (Å²) in [5.41, 5.74) is 3.78. The van der Waals surface area contributed by atoms with Gasteiger partial charge in [0.05, 0.1) is 19.7 Å². The Morgan fingerprint density at radius 2 is 1.67 bits per heavy atom. The fourth-order valence-electron chi connectivity index (χ4n) is 5.39. The highest BCUT2D eigenvalue weighted by Gasteiger charge is 2.23. The van der Waals surface area contributed by atoms with Gasteiger partial charge < -0.3 is 25.0 Å². The first-order valence-electron chi connectivity index (χ1n) is 13.7. The number of fused-ring (bicyclic) bond motifs is 1. The number of hydrogen-bond acceptors (Lipinski definition) is 6. The Labute approximate surface area is 231 Å². The van der Waals surface area contributed by atoms with E-state index in [9.17, 15) is 9.59 Å². The van der Waals surface area contributed by atoms with Crippen molar-refractivity contribution in [1.29, 1.82) is 0 Å². The summed E-state index contributed by atoms with van der Waals surface area (Å²) in [6.45, 7) is 9.22. The lowest BCUT2D eigenvalue weighted by atomic mass is 9.92. The molecule has 1 saturated heterocycles. The van der Waals surface area contributed by atoms with Crippen molar-refractivity contribution in [2.45, 2.75) is 46.5 Å². The molecule has 1 fully saturated rings. The predicted octanol–water partition coefficient (Wildman–Crippen LogP) is 5.12. The van der Waals surface area contributed by atoms with Crippen LogP contribution in [0.1, 0.15) is 44.2 Å². The van der Waals surface area contributed by atoms with Gasteiger partial charge in [0.2, 0.25) is 11.8 Å². The standard InChI is InChI=1S/C31H40N4O4/c1-20-14-21(2)19-35(18-20)29-15-22(3)25-17-24(7-8-26(25)34-29)33-31(37)11-10-30(36)32-13-12-23-6-9-27(38-4)28(16-23)39-5/h6-9,15-17,20-21H,10-14,18-19H2,1-5H3,(H,32,36)(H,33,37). The second-order valence-electron chi connectivity index (χ2n) is 10.7. The lowest BCUT2D eigenvalue weighted by Gasteiger charge is -2.36. The first kappa shape index (κ1) is 28.2. The summed E-state index contributed by atoms with van der Waals surface area (Å²) in [5, 5.41) is 6.83. The molecule has 0 aliphatic carbocycles. The van der Waals surface area contributed by atoms with Gasteiger partial charge in [0, 0.05) is 43.5 Å². The molecule has 0 saturated carbocycles. The number of hydrogen-bond donors (Lipinski definition) is 2. The largest absolute Gasteiger partial charge is 0.493 e. The Hall–Kier alpha value is -3.81. The molecule has 208 valence electrons. The molecule has 2 atom stereocenters. The third-order valence-electron chi connectivity index (χ3n) is 7.24. The number of aromatic nitrogens is 1. The summed E-state index contributed by atoms with van der Waals surface area (Å²) >= 11 is 0.